The molecule has 0 heterocycles. The zero-order valence-corrected chi connectivity index (χ0v) is 70.4. The molecular formula is C76H154N2O38. The topological polar surface area (TPSA) is 397 Å². The van der Waals surface area contributed by atoms with Gasteiger partial charge in [0.05, 0.1) is 489 Å². The van der Waals surface area contributed by atoms with E-state index in [1.807, 2.05) is 5.43 Å². The van der Waals surface area contributed by atoms with Crippen LogP contribution in [0.15, 0.2) is 0 Å². The molecule has 696 valence electrons. The Morgan fingerprint density at radius 3 is 0.276 bits per heavy atom. The number of hydrazine groups is 1. The van der Waals surface area contributed by atoms with Crippen molar-refractivity contribution in [3.05, 3.63) is 0 Å². The number of carbonyl (C=O) groups excluding carboxylic acids is 1. The van der Waals surface area contributed by atoms with E-state index in [-0.39, 0.29) is 12.3 Å². The minimum atomic E-state index is -0.266. The fourth-order valence-electron chi connectivity index (χ4n) is 8.18. The normalized spacial score (nSPS) is 11.8. The number of amides is 1. The average Bonchev–Trinajstić information content (AvgIpc) is 2.66. The molecule has 0 bridgehead atoms. The van der Waals surface area contributed by atoms with Gasteiger partial charge in [-0.3, -0.25) is 10.2 Å². The maximum Gasteiger partial charge on any atom is 0.236 e. The highest BCUT2D eigenvalue weighted by molar-refractivity contribution is 5.75. The second kappa shape index (κ2) is 111. The van der Waals surface area contributed by atoms with Gasteiger partial charge in [-0.1, -0.05) is 0 Å². The van der Waals surface area contributed by atoms with Gasteiger partial charge in [0.1, 0.15) is 0 Å². The van der Waals surface area contributed by atoms with E-state index in [2.05, 4.69) is 0 Å². The number of carbonyl (C=O) groups is 1. The molecule has 0 aliphatic carbocycles. The van der Waals surface area contributed by atoms with E-state index in [1.165, 1.54) is 0 Å². The molecule has 0 spiro atoms. The van der Waals surface area contributed by atoms with Crippen LogP contribution in [0.25, 0.3) is 0 Å². The van der Waals surface area contributed by atoms with E-state index < -0.39 is 0 Å². The standard InChI is InChI=1S/C76H154N2O38/c1-80-4-5-82-8-9-84-12-13-86-16-17-88-20-21-90-24-25-92-28-29-94-32-33-96-36-37-98-40-41-100-44-45-102-48-49-104-52-53-106-56-57-108-60-61-110-64-65-112-68-69-114-72-73-116-75-74-115-71-70-113-67-66-111-63-62-109-59-58-107-55-54-105-51-50-103-47-46-101-43-42-99-39-38-97-35-34-95-31-30-93-27-26-91-23-22-89-19-18-87-15-14-85-11-10-83-7-6-81-3-2-76(79)78-77/h2-75,77H2,1H3,(H,78,79). The van der Waals surface area contributed by atoms with Gasteiger partial charge in [-0.05, 0) is 0 Å². The molecule has 0 unspecified atom stereocenters. The smallest absolute Gasteiger partial charge is 0.236 e. The van der Waals surface area contributed by atoms with Crippen LogP contribution in [0.1, 0.15) is 6.42 Å². The van der Waals surface area contributed by atoms with Gasteiger partial charge in [-0.15, -0.1) is 0 Å². The number of methoxy groups -OCH3 is 1. The minimum absolute atomic E-state index is 0.220. The van der Waals surface area contributed by atoms with E-state index in [1.54, 1.807) is 7.11 Å². The SMILES string of the molecule is COCCOCCOCCOCCOCCOCCOCCOCCOCCOCCOCCOCCOCCOCCOCCOCCOCCOCCOCCOCCOCCOCCOCCOCCOCCOCCOCCOCCOCCOCCOCCOCCOCCOCCOCCOCCOCCC(=O)NN. The maximum absolute atomic E-state index is 11.0. The van der Waals surface area contributed by atoms with Gasteiger partial charge in [0.2, 0.25) is 5.91 Å². The molecule has 3 N–H and O–H groups in total. The Bertz CT molecular complexity index is 1700. The number of nitrogens with two attached hydrogens (primary N) is 1. The van der Waals surface area contributed by atoms with E-state index >= 15 is 0 Å². The van der Waals surface area contributed by atoms with Crippen molar-refractivity contribution < 1.29 is 180 Å². The van der Waals surface area contributed by atoms with Crippen LogP contribution in [0.2, 0.25) is 0 Å². The lowest BCUT2D eigenvalue weighted by Gasteiger charge is -2.09. The summed E-state index contributed by atoms with van der Waals surface area (Å²) in [6.07, 6.45) is 0.220. The third kappa shape index (κ3) is 110. The first-order chi connectivity index (χ1) is 57.8. The molecular weight excluding hydrogens is 1550 g/mol. The van der Waals surface area contributed by atoms with E-state index in [4.69, 9.17) is 181 Å². The molecule has 0 aromatic rings. The molecule has 1 amide bonds. The largest absolute Gasteiger partial charge is 0.382 e. The van der Waals surface area contributed by atoms with Gasteiger partial charge >= 0.3 is 0 Å². The van der Waals surface area contributed by atoms with Crippen LogP contribution in [0.5, 0.6) is 0 Å². The van der Waals surface area contributed by atoms with Crippen LogP contribution in [0, 0.1) is 0 Å². The molecule has 116 heavy (non-hydrogen) atoms. The van der Waals surface area contributed by atoms with Gasteiger partial charge in [0, 0.05) is 7.11 Å². The third-order valence-corrected chi connectivity index (χ3v) is 14.1. The predicted octanol–water partition coefficient (Wildman–Crippen LogP) is -0.390. The summed E-state index contributed by atoms with van der Waals surface area (Å²) in [5.41, 5.74) is 2.04. The zero-order chi connectivity index (χ0) is 82.8. The Morgan fingerprint density at radius 2 is 0.207 bits per heavy atom. The Labute approximate surface area is 690 Å². The lowest BCUT2D eigenvalue weighted by Crippen LogP contribution is -2.30. The highest BCUT2D eigenvalue weighted by atomic mass is 16.6. The molecule has 40 nitrogen and oxygen atoms in total. The van der Waals surface area contributed by atoms with Crippen molar-refractivity contribution >= 4 is 5.91 Å². The molecule has 0 radical (unpaired) electrons. The molecule has 0 saturated carbocycles. The number of ether oxygens (including phenoxy) is 37. The highest BCUT2D eigenvalue weighted by Gasteiger charge is 2.05. The fourth-order valence-corrected chi connectivity index (χ4v) is 8.18. The van der Waals surface area contributed by atoms with Crippen LogP contribution >= 0.6 is 0 Å². The summed E-state index contributed by atoms with van der Waals surface area (Å²) in [7, 11) is 1.64. The highest BCUT2D eigenvalue weighted by Crippen LogP contribution is 1.95. The minimum Gasteiger partial charge on any atom is -0.382 e. The van der Waals surface area contributed by atoms with Crippen molar-refractivity contribution in [2.24, 2.45) is 5.84 Å². The number of nitrogens with one attached hydrogen (secondary N) is 1. The quantitative estimate of drug-likeness (QED) is 0.0339. The average molecular weight is 1700 g/mol. The molecule has 0 aromatic heterocycles. The van der Waals surface area contributed by atoms with Crippen molar-refractivity contribution in [3.8, 4) is 0 Å². The predicted molar refractivity (Wildman–Crippen MR) is 418 cm³/mol. The lowest BCUT2D eigenvalue weighted by molar-refractivity contribution is -0.122. The summed E-state index contributed by atoms with van der Waals surface area (Å²) >= 11 is 0. The summed E-state index contributed by atoms with van der Waals surface area (Å²) < 4.78 is 203. The summed E-state index contributed by atoms with van der Waals surface area (Å²) in [6, 6.07) is 0. The van der Waals surface area contributed by atoms with Gasteiger partial charge in [-0.25, -0.2) is 5.84 Å². The summed E-state index contributed by atoms with van der Waals surface area (Å²) in [6.45, 7) is 35.0. The first-order valence-electron chi connectivity index (χ1n) is 41.1. The van der Waals surface area contributed by atoms with Crippen molar-refractivity contribution in [1.29, 1.82) is 0 Å². The summed E-state index contributed by atoms with van der Waals surface area (Å²) in [5, 5.41) is 0. The second-order valence-electron chi connectivity index (χ2n) is 23.4. The Kier molecular flexibility index (Phi) is 109. The molecule has 0 aliphatic heterocycles. The van der Waals surface area contributed by atoms with Crippen LogP contribution < -0.4 is 11.3 Å². The molecule has 40 heteroatoms. The van der Waals surface area contributed by atoms with Crippen LogP contribution in [0.4, 0.5) is 0 Å². The van der Waals surface area contributed by atoms with Gasteiger partial charge in [0.25, 0.3) is 0 Å². The van der Waals surface area contributed by atoms with Gasteiger partial charge < -0.3 is 175 Å². The monoisotopic (exact) mass is 1700 g/mol. The zero-order valence-electron chi connectivity index (χ0n) is 70.4. The molecule has 0 rings (SSSR count). The van der Waals surface area contributed by atoms with Gasteiger partial charge in [0.15, 0.2) is 0 Å². The molecule has 0 fully saturated rings. The van der Waals surface area contributed by atoms with Crippen molar-refractivity contribution in [1.82, 2.24) is 5.43 Å². The van der Waals surface area contributed by atoms with Crippen molar-refractivity contribution in [3.63, 3.8) is 0 Å². The van der Waals surface area contributed by atoms with Crippen molar-refractivity contribution in [2.45, 2.75) is 6.42 Å². The molecule has 0 saturated heterocycles. The summed E-state index contributed by atoms with van der Waals surface area (Å²) in [5.74, 6) is 4.73. The Morgan fingerprint density at radius 1 is 0.138 bits per heavy atom. The number of hydrogen-bond donors (Lipinski definition) is 2. The van der Waals surface area contributed by atoms with E-state index in [0.29, 0.717) is 482 Å². The first kappa shape index (κ1) is 114. The van der Waals surface area contributed by atoms with Crippen molar-refractivity contribution in [2.75, 3.05) is 489 Å². The fraction of sp³-hybridized carbons (Fsp3) is 0.987. The van der Waals surface area contributed by atoms with E-state index in [0.717, 1.165) is 0 Å². The molecule has 0 aliphatic rings. The molecule has 0 aromatic carbocycles. The van der Waals surface area contributed by atoms with Crippen LogP contribution in [-0.4, -0.2) is 495 Å². The summed E-state index contributed by atoms with van der Waals surface area (Å²) in [4.78, 5) is 11.0. The van der Waals surface area contributed by atoms with Gasteiger partial charge in [-0.2, -0.15) is 0 Å². The first-order valence-corrected chi connectivity index (χ1v) is 41.1. The Hall–Kier alpha value is -2.05. The number of hydrogen-bond acceptors (Lipinski definition) is 39. The maximum atomic E-state index is 11.0. The van der Waals surface area contributed by atoms with E-state index in [9.17, 15) is 4.79 Å². The number of rotatable bonds is 111. The molecule has 0 atom stereocenters. The van der Waals surface area contributed by atoms with Crippen LogP contribution in [0.3, 0.4) is 0 Å². The second-order valence-corrected chi connectivity index (χ2v) is 23.4. The lowest BCUT2D eigenvalue weighted by atomic mass is 10.4. The third-order valence-electron chi connectivity index (χ3n) is 14.1. The Balaban J connectivity index is 3.10. The van der Waals surface area contributed by atoms with Crippen LogP contribution in [-0.2, 0) is 180 Å².